The number of amides is 1. The third kappa shape index (κ3) is 5.12. The van der Waals surface area contributed by atoms with Gasteiger partial charge in [-0.15, -0.1) is 11.3 Å². The van der Waals surface area contributed by atoms with E-state index in [1.807, 2.05) is 47.8 Å². The number of benzene rings is 3. The highest BCUT2D eigenvalue weighted by Crippen LogP contribution is 2.26. The topological polar surface area (TPSA) is 51.7 Å². The molecule has 7 heteroatoms. The van der Waals surface area contributed by atoms with Crippen LogP contribution >= 0.6 is 11.3 Å². The lowest BCUT2D eigenvalue weighted by molar-refractivity contribution is 0.0673. The van der Waals surface area contributed by atoms with Crippen molar-refractivity contribution in [2.75, 3.05) is 20.3 Å². The van der Waals surface area contributed by atoms with E-state index in [9.17, 15) is 9.18 Å². The molecule has 0 radical (unpaired) electrons. The molecule has 0 saturated carbocycles. The number of rotatable bonds is 9. The van der Waals surface area contributed by atoms with Gasteiger partial charge in [-0.1, -0.05) is 48.5 Å². The maximum atomic E-state index is 14.1. The lowest BCUT2D eigenvalue weighted by Crippen LogP contribution is -2.34. The van der Waals surface area contributed by atoms with E-state index in [-0.39, 0.29) is 18.0 Å². The number of aromatic nitrogens is 1. The van der Waals surface area contributed by atoms with Gasteiger partial charge in [-0.25, -0.2) is 9.37 Å². The van der Waals surface area contributed by atoms with Gasteiger partial charge in [-0.05, 0) is 23.6 Å². The van der Waals surface area contributed by atoms with E-state index in [0.717, 1.165) is 27.2 Å². The summed E-state index contributed by atoms with van der Waals surface area (Å²) in [6, 6.07) is 20.0. The average molecular weight is 451 g/mol. The molecule has 0 unspecified atom stereocenters. The summed E-state index contributed by atoms with van der Waals surface area (Å²) >= 11 is 1.47. The van der Waals surface area contributed by atoms with Crippen LogP contribution in [0.25, 0.3) is 10.8 Å². The van der Waals surface area contributed by atoms with Crippen molar-refractivity contribution in [3.63, 3.8) is 0 Å². The second-order valence-corrected chi connectivity index (χ2v) is 8.14. The number of halogens is 1. The smallest absolute Gasteiger partial charge is 0.257 e. The summed E-state index contributed by atoms with van der Waals surface area (Å²) in [7, 11) is 1.57. The molecule has 0 aliphatic carbocycles. The van der Waals surface area contributed by atoms with E-state index in [2.05, 4.69) is 4.98 Å². The molecule has 0 saturated heterocycles. The standard InChI is InChI=1S/C25H23FN2O3S/c1-30-14-13-28(25(29)21-10-4-5-11-22(21)26)15-19-17-32-24(27-19)16-31-23-12-6-8-18-7-2-3-9-20(18)23/h2-12,17H,13-16H2,1H3. The first kappa shape index (κ1) is 21.9. The normalized spacial score (nSPS) is 10.9. The van der Waals surface area contributed by atoms with Gasteiger partial charge < -0.3 is 14.4 Å². The van der Waals surface area contributed by atoms with E-state index in [1.54, 1.807) is 24.1 Å². The molecule has 0 bridgehead atoms. The number of nitrogens with zero attached hydrogens (tertiary/aromatic N) is 2. The number of fused-ring (bicyclic) bond motifs is 1. The van der Waals surface area contributed by atoms with Crippen LogP contribution in [-0.4, -0.2) is 36.1 Å². The number of thiazole rings is 1. The first-order chi connectivity index (χ1) is 15.7. The fraction of sp³-hybridized carbons (Fsp3) is 0.200. The van der Waals surface area contributed by atoms with E-state index in [1.165, 1.54) is 23.5 Å². The predicted molar refractivity (Wildman–Crippen MR) is 123 cm³/mol. The predicted octanol–water partition coefficient (Wildman–Crippen LogP) is 5.30. The average Bonchev–Trinajstić information content (AvgIpc) is 3.27. The summed E-state index contributed by atoms with van der Waals surface area (Å²) in [6.45, 7) is 1.28. The molecular formula is C25H23FN2O3S. The van der Waals surface area contributed by atoms with Crippen LogP contribution in [0.4, 0.5) is 4.39 Å². The third-order valence-corrected chi connectivity index (χ3v) is 5.88. The fourth-order valence-corrected chi connectivity index (χ4v) is 4.10. The van der Waals surface area contributed by atoms with Gasteiger partial charge in [0, 0.05) is 24.4 Å². The van der Waals surface area contributed by atoms with Crippen molar-refractivity contribution < 1.29 is 18.7 Å². The zero-order valence-corrected chi connectivity index (χ0v) is 18.5. The van der Waals surface area contributed by atoms with Gasteiger partial charge in [-0.3, -0.25) is 4.79 Å². The molecule has 3 aromatic carbocycles. The summed E-state index contributed by atoms with van der Waals surface area (Å²) in [5, 5.41) is 4.87. The molecule has 4 rings (SSSR count). The minimum absolute atomic E-state index is 0.0401. The Kier molecular flexibility index (Phi) is 7.09. The second kappa shape index (κ2) is 10.3. The number of methoxy groups -OCH3 is 1. The summed E-state index contributed by atoms with van der Waals surface area (Å²) in [6.07, 6.45) is 0. The summed E-state index contributed by atoms with van der Waals surface area (Å²) in [5.74, 6) is -0.125. The molecule has 1 amide bonds. The largest absolute Gasteiger partial charge is 0.486 e. The molecular weight excluding hydrogens is 427 g/mol. The van der Waals surface area contributed by atoms with Crippen LogP contribution in [0.5, 0.6) is 5.75 Å². The number of carbonyl (C=O) groups excluding carboxylic acids is 1. The van der Waals surface area contributed by atoms with Crippen molar-refractivity contribution in [2.24, 2.45) is 0 Å². The fourth-order valence-electron chi connectivity index (χ4n) is 3.40. The van der Waals surface area contributed by atoms with Crippen LogP contribution in [0.3, 0.4) is 0 Å². The molecule has 0 fully saturated rings. The van der Waals surface area contributed by atoms with Gasteiger partial charge in [0.2, 0.25) is 0 Å². The van der Waals surface area contributed by atoms with Crippen molar-refractivity contribution in [1.82, 2.24) is 9.88 Å². The molecule has 5 nitrogen and oxygen atoms in total. The Balaban J connectivity index is 1.45. The zero-order chi connectivity index (χ0) is 22.3. The van der Waals surface area contributed by atoms with E-state index in [4.69, 9.17) is 9.47 Å². The summed E-state index contributed by atoms with van der Waals surface area (Å²) < 4.78 is 25.3. The minimum atomic E-state index is -0.539. The highest BCUT2D eigenvalue weighted by molar-refractivity contribution is 7.09. The first-order valence-corrected chi connectivity index (χ1v) is 11.1. The molecule has 0 aliphatic rings. The van der Waals surface area contributed by atoms with E-state index in [0.29, 0.717) is 19.8 Å². The van der Waals surface area contributed by atoms with Crippen molar-refractivity contribution in [2.45, 2.75) is 13.2 Å². The number of ether oxygens (including phenoxy) is 2. The zero-order valence-electron chi connectivity index (χ0n) is 17.7. The van der Waals surface area contributed by atoms with Crippen molar-refractivity contribution in [3.8, 4) is 5.75 Å². The Bertz CT molecular complexity index is 1210. The van der Waals surface area contributed by atoms with Gasteiger partial charge in [0.25, 0.3) is 5.91 Å². The summed E-state index contributed by atoms with van der Waals surface area (Å²) in [5.41, 5.74) is 0.769. The Morgan fingerprint density at radius 2 is 1.84 bits per heavy atom. The third-order valence-electron chi connectivity index (χ3n) is 5.01. The molecule has 0 atom stereocenters. The van der Waals surface area contributed by atoms with Crippen LogP contribution in [-0.2, 0) is 17.9 Å². The summed E-state index contributed by atoms with van der Waals surface area (Å²) in [4.78, 5) is 19.1. The molecule has 1 aromatic heterocycles. The lowest BCUT2D eigenvalue weighted by Gasteiger charge is -2.21. The van der Waals surface area contributed by atoms with Crippen molar-refractivity contribution in [1.29, 1.82) is 0 Å². The molecule has 164 valence electrons. The second-order valence-electron chi connectivity index (χ2n) is 7.20. The SMILES string of the molecule is COCCN(Cc1csc(COc2cccc3ccccc23)n1)C(=O)c1ccccc1F. The quantitative estimate of drug-likeness (QED) is 0.347. The minimum Gasteiger partial charge on any atom is -0.486 e. The van der Waals surface area contributed by atoms with Gasteiger partial charge >= 0.3 is 0 Å². The molecule has 1 heterocycles. The molecule has 0 aliphatic heterocycles. The molecule has 0 N–H and O–H groups in total. The van der Waals surface area contributed by atoms with Crippen LogP contribution in [0.1, 0.15) is 21.1 Å². The number of hydrogen-bond acceptors (Lipinski definition) is 5. The van der Waals surface area contributed by atoms with Crippen LogP contribution in [0.15, 0.2) is 72.1 Å². The van der Waals surface area contributed by atoms with E-state index < -0.39 is 5.82 Å². The van der Waals surface area contributed by atoms with Gasteiger partial charge in [-0.2, -0.15) is 0 Å². The van der Waals surface area contributed by atoms with Gasteiger partial charge in [0.1, 0.15) is 23.2 Å². The number of hydrogen-bond donors (Lipinski definition) is 0. The van der Waals surface area contributed by atoms with E-state index >= 15 is 0 Å². The molecule has 4 aromatic rings. The number of carbonyl (C=O) groups is 1. The van der Waals surface area contributed by atoms with Crippen LogP contribution < -0.4 is 4.74 Å². The monoisotopic (exact) mass is 450 g/mol. The Morgan fingerprint density at radius 1 is 1.06 bits per heavy atom. The highest BCUT2D eigenvalue weighted by Gasteiger charge is 2.20. The Labute approximate surface area is 190 Å². The highest BCUT2D eigenvalue weighted by atomic mass is 32.1. The van der Waals surface area contributed by atoms with Crippen LogP contribution in [0.2, 0.25) is 0 Å². The first-order valence-electron chi connectivity index (χ1n) is 10.2. The Hall–Kier alpha value is -3.29. The van der Waals surface area contributed by atoms with Gasteiger partial charge in [0.15, 0.2) is 0 Å². The Morgan fingerprint density at radius 3 is 2.69 bits per heavy atom. The molecule has 0 spiro atoms. The maximum Gasteiger partial charge on any atom is 0.257 e. The van der Waals surface area contributed by atoms with Gasteiger partial charge in [0.05, 0.1) is 24.4 Å². The van der Waals surface area contributed by atoms with Crippen molar-refractivity contribution >= 4 is 28.0 Å². The maximum absolute atomic E-state index is 14.1. The van der Waals surface area contributed by atoms with Crippen molar-refractivity contribution in [3.05, 3.63) is 94.2 Å². The van der Waals surface area contributed by atoms with Crippen LogP contribution in [0, 0.1) is 5.82 Å². The molecule has 32 heavy (non-hydrogen) atoms. The lowest BCUT2D eigenvalue weighted by atomic mass is 10.1.